The Morgan fingerprint density at radius 2 is 1.33 bits per heavy atom. The minimum atomic E-state index is -3.44. The molecule has 0 bridgehead atoms. The van der Waals surface area contributed by atoms with E-state index in [2.05, 4.69) is 4.98 Å². The third-order valence-electron chi connectivity index (χ3n) is 8.19. The maximum Gasteiger partial charge on any atom is 0.351 e. The standard InChI is InChI=1S/C13H19FN3O5P.C13H18FN2O6P/c1-7(2)23(19)20-6-8-10(22-23)13(3,14)11(21-8)17-5-4-9(15)16-12(17)18;1-7(2)23(19)20-6-8-10(22-23)13(3,14)11(21-8)16-5-4-9(17)15-12(16)18/h4-5,7-8,10-11H,6H2,1-3H3,(H2,15,16,18);4-5,7-8,10-11H,6H2,1-3H3,(H,15,17,18)/t2*8-,10-,11-,13-,23?/m11/s1. The average molecular weight is 696 g/mol. The molecule has 0 amide bonds. The zero-order valence-corrected chi connectivity index (χ0v) is 27.7. The minimum absolute atomic E-state index is 0.0334. The molecule has 0 aromatic carbocycles. The first kappa shape index (κ1) is 34.8. The number of ether oxygens (including phenoxy) is 2. The van der Waals surface area contributed by atoms with Crippen molar-refractivity contribution in [3.8, 4) is 0 Å². The van der Waals surface area contributed by atoms with Gasteiger partial charge < -0.3 is 24.3 Å². The smallest absolute Gasteiger partial charge is 0.351 e. The highest BCUT2D eigenvalue weighted by atomic mass is 31.2. The van der Waals surface area contributed by atoms with Gasteiger partial charge in [-0.05, 0) is 19.9 Å². The van der Waals surface area contributed by atoms with Crippen molar-refractivity contribution in [2.45, 2.75) is 101 Å². The lowest BCUT2D eigenvalue weighted by molar-refractivity contribution is -0.0637. The molecule has 0 spiro atoms. The quantitative estimate of drug-likeness (QED) is 0.442. The van der Waals surface area contributed by atoms with E-state index >= 15 is 8.78 Å². The van der Waals surface area contributed by atoms with E-state index in [1.807, 2.05) is 4.98 Å². The zero-order chi connectivity index (χ0) is 34.0. The fourth-order valence-electron chi connectivity index (χ4n) is 5.51. The highest BCUT2D eigenvalue weighted by molar-refractivity contribution is 7.55. The van der Waals surface area contributed by atoms with E-state index in [1.54, 1.807) is 27.7 Å². The van der Waals surface area contributed by atoms with Gasteiger partial charge in [0.25, 0.3) is 5.56 Å². The Morgan fingerprint density at radius 3 is 1.76 bits per heavy atom. The molecule has 6 heterocycles. The average Bonchev–Trinajstić information content (AvgIpc) is 3.37. The SMILES string of the molecule is CC(C)P1(=O)OC[C@H]2O[C@@H](n3ccc(=O)[nH]c3=O)[C@](C)(F)[C@@H]2O1.CC(C)P1(=O)OC[C@H]2O[C@@H](n3ccc(N)nc3=O)[C@](C)(F)[C@@H]2O1. The molecule has 256 valence electrons. The predicted molar refractivity (Wildman–Crippen MR) is 158 cm³/mol. The molecule has 3 N–H and O–H groups in total. The molecule has 2 aromatic rings. The van der Waals surface area contributed by atoms with Crippen LogP contribution in [0.15, 0.2) is 38.9 Å². The number of nitrogen functional groups attached to an aromatic ring is 1. The summed E-state index contributed by atoms with van der Waals surface area (Å²) < 4.78 is 90.3. The Morgan fingerprint density at radius 1 is 0.870 bits per heavy atom. The number of aromatic amines is 1. The van der Waals surface area contributed by atoms with E-state index in [4.69, 9.17) is 33.3 Å². The van der Waals surface area contributed by atoms with Gasteiger partial charge in [0.1, 0.15) is 30.2 Å². The highest BCUT2D eigenvalue weighted by Crippen LogP contribution is 2.62. The van der Waals surface area contributed by atoms with Crippen molar-refractivity contribution < 1.29 is 45.5 Å². The van der Waals surface area contributed by atoms with Crippen molar-refractivity contribution in [3.05, 3.63) is 55.8 Å². The molecule has 16 nitrogen and oxygen atoms in total. The van der Waals surface area contributed by atoms with Crippen molar-refractivity contribution >= 4 is 21.0 Å². The summed E-state index contributed by atoms with van der Waals surface area (Å²) >= 11 is 0. The van der Waals surface area contributed by atoms with Crippen molar-refractivity contribution in [1.29, 1.82) is 0 Å². The monoisotopic (exact) mass is 695 g/mol. The van der Waals surface area contributed by atoms with E-state index in [9.17, 15) is 23.5 Å². The summed E-state index contributed by atoms with van der Waals surface area (Å²) in [5.41, 5.74) is -1.71. The van der Waals surface area contributed by atoms with Gasteiger partial charge in [0, 0.05) is 18.5 Å². The van der Waals surface area contributed by atoms with Crippen LogP contribution in [-0.2, 0) is 36.7 Å². The first-order valence-electron chi connectivity index (χ1n) is 14.5. The first-order chi connectivity index (χ1) is 21.3. The maximum absolute atomic E-state index is 15.3. The number of hydrogen-bond acceptors (Lipinski definition) is 13. The zero-order valence-electron chi connectivity index (χ0n) is 25.9. The van der Waals surface area contributed by atoms with E-state index < -0.39 is 91.7 Å². The Bertz CT molecular complexity index is 1750. The molecule has 4 saturated heterocycles. The van der Waals surface area contributed by atoms with Gasteiger partial charge >= 0.3 is 26.6 Å². The maximum atomic E-state index is 15.3. The second-order valence-corrected chi connectivity index (χ2v) is 17.5. The Balaban J connectivity index is 0.000000181. The van der Waals surface area contributed by atoms with Crippen LogP contribution in [0.3, 0.4) is 0 Å². The molecule has 0 saturated carbocycles. The Labute approximate surface area is 261 Å². The number of nitrogens with one attached hydrogen (secondary N) is 1. The lowest BCUT2D eigenvalue weighted by Crippen LogP contribution is -2.46. The number of hydrogen-bond donors (Lipinski definition) is 2. The summed E-state index contributed by atoms with van der Waals surface area (Å²) in [5, 5.41) is 0. The van der Waals surface area contributed by atoms with Crippen LogP contribution >= 0.6 is 15.2 Å². The number of H-pyrrole nitrogens is 1. The van der Waals surface area contributed by atoms with Crippen molar-refractivity contribution in [2.24, 2.45) is 0 Å². The van der Waals surface area contributed by atoms with E-state index in [0.717, 1.165) is 21.4 Å². The van der Waals surface area contributed by atoms with Gasteiger partial charge in [-0.25, -0.2) is 18.4 Å². The number of nitrogens with zero attached hydrogens (tertiary/aromatic N) is 3. The minimum Gasteiger partial charge on any atom is -0.383 e. The van der Waals surface area contributed by atoms with Crippen molar-refractivity contribution in [1.82, 2.24) is 19.1 Å². The third kappa shape index (κ3) is 6.10. The van der Waals surface area contributed by atoms with Crippen molar-refractivity contribution in [2.75, 3.05) is 18.9 Å². The lowest BCUT2D eigenvalue weighted by atomic mass is 9.98. The Kier molecular flexibility index (Phi) is 9.18. The van der Waals surface area contributed by atoms with Crippen LogP contribution in [0, 0.1) is 0 Å². The summed E-state index contributed by atoms with van der Waals surface area (Å²) in [6.07, 6.45) is -3.90. The molecule has 0 radical (unpaired) electrons. The van der Waals surface area contributed by atoms with Gasteiger partial charge in [0.05, 0.1) is 24.5 Å². The molecule has 46 heavy (non-hydrogen) atoms. The van der Waals surface area contributed by atoms with Crippen LogP contribution < -0.4 is 22.7 Å². The molecule has 4 aliphatic heterocycles. The summed E-state index contributed by atoms with van der Waals surface area (Å²) in [6.45, 7) is 9.00. The van der Waals surface area contributed by atoms with Gasteiger partial charge in [-0.2, -0.15) is 4.98 Å². The number of anilines is 1. The molecule has 10 atom stereocenters. The number of rotatable bonds is 4. The van der Waals surface area contributed by atoms with Crippen LogP contribution in [0.5, 0.6) is 0 Å². The number of alkyl halides is 2. The van der Waals surface area contributed by atoms with Crippen LogP contribution in [0.25, 0.3) is 0 Å². The number of aromatic nitrogens is 4. The molecule has 2 unspecified atom stereocenters. The van der Waals surface area contributed by atoms with Crippen LogP contribution in [0.1, 0.15) is 54.0 Å². The Hall–Kier alpha value is -2.56. The fraction of sp³-hybridized carbons (Fsp3) is 0.692. The third-order valence-corrected chi connectivity index (χ3v) is 12.8. The molecule has 2 aromatic heterocycles. The molecule has 20 heteroatoms. The highest BCUT2D eigenvalue weighted by Gasteiger charge is 2.62. The van der Waals surface area contributed by atoms with E-state index in [0.29, 0.717) is 0 Å². The molecule has 4 fully saturated rings. The van der Waals surface area contributed by atoms with Crippen LogP contribution in [0.2, 0.25) is 0 Å². The van der Waals surface area contributed by atoms with Crippen LogP contribution in [-0.4, -0.2) is 79.4 Å². The summed E-state index contributed by atoms with van der Waals surface area (Å²) in [7, 11) is -6.85. The van der Waals surface area contributed by atoms with Gasteiger partial charge in [0.2, 0.25) is 0 Å². The number of halogens is 2. The van der Waals surface area contributed by atoms with Gasteiger partial charge in [-0.3, -0.25) is 37.1 Å². The largest absolute Gasteiger partial charge is 0.383 e. The normalized spacial score (nSPS) is 40.3. The van der Waals surface area contributed by atoms with Crippen molar-refractivity contribution in [3.63, 3.8) is 0 Å². The molecule has 0 aliphatic carbocycles. The molecule has 6 rings (SSSR count). The van der Waals surface area contributed by atoms with Crippen LogP contribution in [0.4, 0.5) is 14.6 Å². The topological polar surface area (TPSA) is 205 Å². The number of fused-ring (bicyclic) bond motifs is 2. The summed E-state index contributed by atoms with van der Waals surface area (Å²) in [6, 6.07) is 2.47. The van der Waals surface area contributed by atoms with Gasteiger partial charge in [-0.1, -0.05) is 27.7 Å². The number of nitrogens with two attached hydrogens (primary N) is 1. The summed E-state index contributed by atoms with van der Waals surface area (Å²) in [4.78, 5) is 40.6. The fourth-order valence-corrected chi connectivity index (χ4v) is 8.74. The first-order valence-corrected chi connectivity index (χ1v) is 17.7. The van der Waals surface area contributed by atoms with Gasteiger partial charge in [0.15, 0.2) is 23.8 Å². The molecular weight excluding hydrogens is 658 g/mol. The second-order valence-electron chi connectivity index (χ2n) is 12.3. The van der Waals surface area contributed by atoms with Gasteiger partial charge in [-0.15, -0.1) is 0 Å². The van der Waals surface area contributed by atoms with E-state index in [1.165, 1.54) is 26.1 Å². The predicted octanol–water partition coefficient (Wildman–Crippen LogP) is 2.65. The lowest BCUT2D eigenvalue weighted by Gasteiger charge is -2.36. The molecular formula is C26H37F2N5O11P2. The second kappa shape index (κ2) is 12.2. The summed E-state index contributed by atoms with van der Waals surface area (Å²) in [5.74, 6) is 0.0334. The van der Waals surface area contributed by atoms with E-state index in [-0.39, 0.29) is 19.0 Å². The molecule has 4 aliphatic rings.